The van der Waals surface area contributed by atoms with E-state index in [1.807, 2.05) is 61.5 Å². The lowest BCUT2D eigenvalue weighted by molar-refractivity contribution is -0.118. The summed E-state index contributed by atoms with van der Waals surface area (Å²) in [5.74, 6) is 0.213. The fraction of sp³-hybridized carbons (Fsp3) is 0.240. The van der Waals surface area contributed by atoms with Crippen molar-refractivity contribution in [3.05, 3.63) is 83.1 Å². The molecular formula is C25H25ClN2O2. The first-order valence-electron chi connectivity index (χ1n) is 10.1. The highest BCUT2D eigenvalue weighted by Crippen LogP contribution is 2.24. The van der Waals surface area contributed by atoms with Crippen molar-refractivity contribution < 1.29 is 9.59 Å². The van der Waals surface area contributed by atoms with E-state index in [2.05, 4.69) is 4.98 Å². The predicted molar refractivity (Wildman–Crippen MR) is 122 cm³/mol. The van der Waals surface area contributed by atoms with Crippen LogP contribution in [0, 0.1) is 0 Å². The van der Waals surface area contributed by atoms with Gasteiger partial charge < -0.3 is 4.90 Å². The van der Waals surface area contributed by atoms with Crippen molar-refractivity contribution in [1.82, 2.24) is 4.98 Å². The van der Waals surface area contributed by atoms with Crippen molar-refractivity contribution in [3.63, 3.8) is 0 Å². The van der Waals surface area contributed by atoms with Gasteiger partial charge in [0.2, 0.25) is 5.91 Å². The van der Waals surface area contributed by atoms with Gasteiger partial charge in [0.05, 0.1) is 0 Å². The number of hydrogen-bond donors (Lipinski definition) is 0. The maximum Gasteiger partial charge on any atom is 0.226 e. The van der Waals surface area contributed by atoms with Crippen LogP contribution in [-0.4, -0.2) is 23.7 Å². The number of hydrogen-bond acceptors (Lipinski definition) is 3. The molecule has 3 rings (SSSR count). The van der Waals surface area contributed by atoms with E-state index >= 15 is 0 Å². The molecule has 0 atom stereocenters. The van der Waals surface area contributed by atoms with Gasteiger partial charge in [-0.05, 0) is 47.7 Å². The maximum absolute atomic E-state index is 12.5. The third-order valence-corrected chi connectivity index (χ3v) is 5.29. The summed E-state index contributed by atoms with van der Waals surface area (Å²) in [5, 5.41) is 0.452. The first-order valence-corrected chi connectivity index (χ1v) is 10.5. The molecule has 0 unspecified atom stereocenters. The second-order valence-electron chi connectivity index (χ2n) is 7.24. The lowest BCUT2D eigenvalue weighted by atomic mass is 9.99. The lowest BCUT2D eigenvalue weighted by Gasteiger charge is -2.17. The van der Waals surface area contributed by atoms with E-state index in [0.29, 0.717) is 30.0 Å². The number of carbonyl (C=O) groups is 2. The maximum atomic E-state index is 12.5. The molecule has 154 valence electrons. The smallest absolute Gasteiger partial charge is 0.226 e. The van der Waals surface area contributed by atoms with E-state index in [1.54, 1.807) is 24.2 Å². The number of amides is 1. The largest absolute Gasteiger partial charge is 0.316 e. The zero-order valence-electron chi connectivity index (χ0n) is 17.3. The highest BCUT2D eigenvalue weighted by molar-refractivity contribution is 6.29. The molecule has 30 heavy (non-hydrogen) atoms. The Morgan fingerprint density at radius 1 is 0.900 bits per heavy atom. The Morgan fingerprint density at radius 2 is 1.53 bits per heavy atom. The van der Waals surface area contributed by atoms with Gasteiger partial charge in [0.15, 0.2) is 5.78 Å². The molecule has 0 N–H and O–H groups in total. The Labute approximate surface area is 182 Å². The van der Waals surface area contributed by atoms with Crippen LogP contribution < -0.4 is 4.90 Å². The van der Waals surface area contributed by atoms with E-state index in [9.17, 15) is 9.59 Å². The van der Waals surface area contributed by atoms with Gasteiger partial charge in [-0.15, -0.1) is 0 Å². The highest BCUT2D eigenvalue weighted by Gasteiger charge is 2.10. The molecule has 5 heteroatoms. The van der Waals surface area contributed by atoms with Crippen LogP contribution >= 0.6 is 11.6 Å². The minimum absolute atomic E-state index is 0.0999. The zero-order chi connectivity index (χ0) is 21.5. The molecular weight excluding hydrogens is 396 g/mol. The molecule has 0 radical (unpaired) electrons. The summed E-state index contributed by atoms with van der Waals surface area (Å²) < 4.78 is 0. The molecule has 2 aromatic carbocycles. The summed E-state index contributed by atoms with van der Waals surface area (Å²) in [7, 11) is 1.80. The number of benzene rings is 2. The second kappa shape index (κ2) is 10.2. The number of Topliss-reactive ketones (excluding diaryl/α,β-unsaturated/α-hetero) is 1. The van der Waals surface area contributed by atoms with E-state index in [4.69, 9.17) is 11.6 Å². The second-order valence-corrected chi connectivity index (χ2v) is 7.63. The van der Waals surface area contributed by atoms with Crippen molar-refractivity contribution in [2.24, 2.45) is 0 Å². The van der Waals surface area contributed by atoms with Crippen LogP contribution in [0.1, 0.15) is 42.1 Å². The van der Waals surface area contributed by atoms with Crippen LogP contribution in [0.4, 0.5) is 5.69 Å². The standard InChI is InChI=1S/C25H25ClN2O2/c1-3-4-25(30)28(2)22-13-11-20(12-14-22)19-7-9-21(10-8-19)23(29)15-5-18-6-16-24(26)27-17-18/h6-14,16-17H,3-5,15H2,1-2H3. The molecule has 0 saturated heterocycles. The molecule has 0 aliphatic heterocycles. The predicted octanol–water partition coefficient (Wildman–Crippen LogP) is 5.98. The summed E-state index contributed by atoms with van der Waals surface area (Å²) in [5.41, 5.74) is 4.64. The molecule has 0 bridgehead atoms. The van der Waals surface area contributed by atoms with Gasteiger partial charge >= 0.3 is 0 Å². The average Bonchev–Trinajstić information content (AvgIpc) is 2.78. The van der Waals surface area contributed by atoms with Gasteiger partial charge in [-0.1, -0.05) is 61.0 Å². The van der Waals surface area contributed by atoms with E-state index < -0.39 is 0 Å². The number of rotatable bonds is 8. The van der Waals surface area contributed by atoms with Gasteiger partial charge in [-0.25, -0.2) is 4.98 Å². The minimum atomic E-state index is 0.0999. The topological polar surface area (TPSA) is 50.3 Å². The summed E-state index contributed by atoms with van der Waals surface area (Å²) in [6, 6.07) is 19.2. The van der Waals surface area contributed by atoms with Gasteiger partial charge in [-0.3, -0.25) is 9.59 Å². The molecule has 0 saturated carbocycles. The fourth-order valence-electron chi connectivity index (χ4n) is 3.21. The van der Waals surface area contributed by atoms with Crippen LogP contribution in [0.3, 0.4) is 0 Å². The normalized spacial score (nSPS) is 10.6. The van der Waals surface area contributed by atoms with Crippen molar-refractivity contribution >= 4 is 29.0 Å². The minimum Gasteiger partial charge on any atom is -0.316 e. The van der Waals surface area contributed by atoms with Crippen molar-refractivity contribution in [2.45, 2.75) is 32.6 Å². The molecule has 4 nitrogen and oxygen atoms in total. The number of aryl methyl sites for hydroxylation is 1. The first kappa shape index (κ1) is 21.7. The summed E-state index contributed by atoms with van der Waals surface area (Å²) in [6.45, 7) is 2.00. The van der Waals surface area contributed by atoms with Crippen LogP contribution in [0.25, 0.3) is 11.1 Å². The average molecular weight is 421 g/mol. The van der Waals surface area contributed by atoms with Crippen LogP contribution in [-0.2, 0) is 11.2 Å². The Morgan fingerprint density at radius 3 is 2.10 bits per heavy atom. The number of carbonyl (C=O) groups excluding carboxylic acids is 2. The van der Waals surface area contributed by atoms with Gasteiger partial charge in [-0.2, -0.15) is 0 Å². The number of aromatic nitrogens is 1. The van der Waals surface area contributed by atoms with Crippen molar-refractivity contribution in [2.75, 3.05) is 11.9 Å². The molecule has 1 amide bonds. The Balaban J connectivity index is 1.62. The number of anilines is 1. The molecule has 1 heterocycles. The SMILES string of the molecule is CCCC(=O)N(C)c1ccc(-c2ccc(C(=O)CCc3ccc(Cl)nc3)cc2)cc1. The summed E-state index contributed by atoms with van der Waals surface area (Å²) >= 11 is 5.79. The number of nitrogens with zero attached hydrogens (tertiary/aromatic N) is 2. The van der Waals surface area contributed by atoms with Crippen LogP contribution in [0.2, 0.25) is 5.15 Å². The highest BCUT2D eigenvalue weighted by atomic mass is 35.5. The molecule has 1 aromatic heterocycles. The van der Waals surface area contributed by atoms with Crippen LogP contribution in [0.5, 0.6) is 0 Å². The quantitative estimate of drug-likeness (QED) is 0.332. The number of ketones is 1. The first-order chi connectivity index (χ1) is 14.5. The Kier molecular flexibility index (Phi) is 7.36. The van der Waals surface area contributed by atoms with Gasteiger partial charge in [0.1, 0.15) is 5.15 Å². The zero-order valence-corrected chi connectivity index (χ0v) is 18.0. The van der Waals surface area contributed by atoms with Crippen molar-refractivity contribution in [1.29, 1.82) is 0 Å². The third kappa shape index (κ3) is 5.55. The lowest BCUT2D eigenvalue weighted by Crippen LogP contribution is -2.25. The van der Waals surface area contributed by atoms with E-state index in [-0.39, 0.29) is 11.7 Å². The van der Waals surface area contributed by atoms with Crippen molar-refractivity contribution in [3.8, 4) is 11.1 Å². The van der Waals surface area contributed by atoms with Crippen LogP contribution in [0.15, 0.2) is 66.9 Å². The summed E-state index contributed by atoms with van der Waals surface area (Å²) in [4.78, 5) is 30.3. The molecule has 3 aromatic rings. The fourth-order valence-corrected chi connectivity index (χ4v) is 3.32. The van der Waals surface area contributed by atoms with Gasteiger partial charge in [0.25, 0.3) is 0 Å². The number of halogens is 1. The molecule has 0 fully saturated rings. The molecule has 0 aliphatic carbocycles. The monoisotopic (exact) mass is 420 g/mol. The van der Waals surface area contributed by atoms with E-state index in [1.165, 1.54) is 0 Å². The number of pyridine rings is 1. The Bertz CT molecular complexity index is 997. The van der Waals surface area contributed by atoms with Gasteiger partial charge in [0, 0.05) is 37.3 Å². The van der Waals surface area contributed by atoms with E-state index in [0.717, 1.165) is 28.8 Å². The molecule has 0 spiro atoms. The Hall–Kier alpha value is -2.98. The third-order valence-electron chi connectivity index (χ3n) is 5.06. The molecule has 0 aliphatic rings. The summed E-state index contributed by atoms with van der Waals surface area (Å²) in [6.07, 6.45) is 4.15.